The van der Waals surface area contributed by atoms with E-state index in [2.05, 4.69) is 30.1 Å². The highest BCUT2D eigenvalue weighted by atomic mass is 16.5. The predicted molar refractivity (Wildman–Crippen MR) is 82.7 cm³/mol. The zero-order valence-corrected chi connectivity index (χ0v) is 13.4. The van der Waals surface area contributed by atoms with E-state index >= 15 is 0 Å². The third kappa shape index (κ3) is 6.53. The zero-order chi connectivity index (χ0) is 15.0. The fraction of sp³-hybridized carbons (Fsp3) is 0.812. The number of nitrogens with one attached hydrogen (secondary N) is 1. The molecule has 0 unspecified atom stereocenters. The summed E-state index contributed by atoms with van der Waals surface area (Å²) in [4.78, 5) is 14.6. The van der Waals surface area contributed by atoms with Gasteiger partial charge in [0, 0.05) is 25.6 Å². The van der Waals surface area contributed by atoms with Gasteiger partial charge in [0.25, 0.3) is 0 Å². The van der Waals surface area contributed by atoms with Gasteiger partial charge in [-0.1, -0.05) is 11.6 Å². The van der Waals surface area contributed by atoms with Crippen molar-refractivity contribution in [3.63, 3.8) is 0 Å². The molecule has 0 aromatic carbocycles. The lowest BCUT2D eigenvalue weighted by Gasteiger charge is -2.31. The van der Waals surface area contributed by atoms with Gasteiger partial charge in [0.05, 0.1) is 6.61 Å². The maximum Gasteiger partial charge on any atom is 0.223 e. The average molecular weight is 282 g/mol. The van der Waals surface area contributed by atoms with Gasteiger partial charge in [-0.2, -0.15) is 0 Å². The second-order valence-corrected chi connectivity index (χ2v) is 6.05. The number of carbonyl (C=O) groups excluding carboxylic acids is 1. The van der Waals surface area contributed by atoms with Crippen LogP contribution in [0.3, 0.4) is 0 Å². The second kappa shape index (κ2) is 9.14. The van der Waals surface area contributed by atoms with Crippen LogP contribution in [0, 0.1) is 5.92 Å². The molecule has 1 atom stereocenters. The fourth-order valence-electron chi connectivity index (χ4n) is 2.61. The Morgan fingerprint density at radius 3 is 2.60 bits per heavy atom. The standard InChI is InChI=1S/C16H30N2O2/c1-13(2)6-5-9-18-10-7-15(8-11-18)16(19)17-14(3)12-20-4/h6,14-15H,5,7-12H2,1-4H3,(H,17,19)/t14-/m0/s1. The third-order valence-corrected chi connectivity index (χ3v) is 3.76. The summed E-state index contributed by atoms with van der Waals surface area (Å²) in [5.41, 5.74) is 1.38. The van der Waals surface area contributed by atoms with Crippen molar-refractivity contribution in [2.24, 2.45) is 5.92 Å². The van der Waals surface area contributed by atoms with E-state index in [1.54, 1.807) is 7.11 Å². The Labute approximate surface area is 123 Å². The minimum absolute atomic E-state index is 0.100. The first kappa shape index (κ1) is 17.2. The van der Waals surface area contributed by atoms with Crippen molar-refractivity contribution in [3.8, 4) is 0 Å². The van der Waals surface area contributed by atoms with Crippen molar-refractivity contribution < 1.29 is 9.53 Å². The molecule has 1 saturated heterocycles. The van der Waals surface area contributed by atoms with E-state index in [1.807, 2.05) is 6.92 Å². The normalized spacial score (nSPS) is 18.6. The van der Waals surface area contributed by atoms with Crippen molar-refractivity contribution in [2.45, 2.75) is 46.1 Å². The average Bonchev–Trinajstić information content (AvgIpc) is 2.39. The van der Waals surface area contributed by atoms with Crippen LogP contribution in [-0.2, 0) is 9.53 Å². The third-order valence-electron chi connectivity index (χ3n) is 3.76. The van der Waals surface area contributed by atoms with Gasteiger partial charge in [0.2, 0.25) is 5.91 Å². The lowest BCUT2D eigenvalue weighted by Crippen LogP contribution is -2.44. The molecule has 1 rings (SSSR count). The summed E-state index contributed by atoms with van der Waals surface area (Å²) in [5.74, 6) is 0.368. The van der Waals surface area contributed by atoms with Crippen molar-refractivity contribution in [3.05, 3.63) is 11.6 Å². The van der Waals surface area contributed by atoms with Crippen LogP contribution >= 0.6 is 0 Å². The molecule has 1 aliphatic rings. The molecule has 0 aliphatic carbocycles. The number of methoxy groups -OCH3 is 1. The Morgan fingerprint density at radius 2 is 2.05 bits per heavy atom. The van der Waals surface area contributed by atoms with Crippen LogP contribution in [0.25, 0.3) is 0 Å². The van der Waals surface area contributed by atoms with Crippen LogP contribution < -0.4 is 5.32 Å². The molecular weight excluding hydrogens is 252 g/mol. The smallest absolute Gasteiger partial charge is 0.223 e. The van der Waals surface area contributed by atoms with Crippen LogP contribution in [0.1, 0.15) is 40.0 Å². The molecule has 4 heteroatoms. The Balaban J connectivity index is 2.24. The first-order valence-electron chi connectivity index (χ1n) is 7.68. The van der Waals surface area contributed by atoms with Crippen LogP contribution in [0.5, 0.6) is 0 Å². The minimum Gasteiger partial charge on any atom is -0.383 e. The lowest BCUT2D eigenvalue weighted by atomic mass is 9.95. The van der Waals surface area contributed by atoms with Gasteiger partial charge in [-0.25, -0.2) is 0 Å². The first-order valence-corrected chi connectivity index (χ1v) is 7.68. The molecule has 1 fully saturated rings. The molecule has 0 bridgehead atoms. The monoisotopic (exact) mass is 282 g/mol. The van der Waals surface area contributed by atoms with Crippen LogP contribution in [-0.4, -0.2) is 50.2 Å². The molecule has 4 nitrogen and oxygen atoms in total. The van der Waals surface area contributed by atoms with E-state index in [-0.39, 0.29) is 17.9 Å². The number of hydrogen-bond acceptors (Lipinski definition) is 3. The van der Waals surface area contributed by atoms with Crippen LogP contribution in [0.2, 0.25) is 0 Å². The zero-order valence-electron chi connectivity index (χ0n) is 13.4. The number of allylic oxidation sites excluding steroid dienone is 1. The highest BCUT2D eigenvalue weighted by molar-refractivity contribution is 5.79. The Kier molecular flexibility index (Phi) is 7.85. The largest absolute Gasteiger partial charge is 0.383 e. The van der Waals surface area contributed by atoms with Crippen LogP contribution in [0.15, 0.2) is 11.6 Å². The van der Waals surface area contributed by atoms with Gasteiger partial charge in [-0.15, -0.1) is 0 Å². The number of hydrogen-bond donors (Lipinski definition) is 1. The number of rotatable bonds is 7. The van der Waals surface area contributed by atoms with Gasteiger partial charge < -0.3 is 15.0 Å². The van der Waals surface area contributed by atoms with Gasteiger partial charge in [0.15, 0.2) is 0 Å². The number of carbonyl (C=O) groups is 1. The van der Waals surface area contributed by atoms with Gasteiger partial charge in [0.1, 0.15) is 0 Å². The summed E-state index contributed by atoms with van der Waals surface area (Å²) in [5, 5.41) is 3.03. The summed E-state index contributed by atoms with van der Waals surface area (Å²) < 4.78 is 5.04. The van der Waals surface area contributed by atoms with Crippen LogP contribution in [0.4, 0.5) is 0 Å². The Morgan fingerprint density at radius 1 is 1.40 bits per heavy atom. The highest BCUT2D eigenvalue weighted by Crippen LogP contribution is 2.17. The molecule has 1 N–H and O–H groups in total. The minimum atomic E-state index is 0.100. The van der Waals surface area contributed by atoms with Crippen molar-refractivity contribution >= 4 is 5.91 Å². The molecule has 1 amide bonds. The Bertz CT molecular complexity index is 316. The molecule has 0 saturated carbocycles. The number of nitrogens with zero attached hydrogens (tertiary/aromatic N) is 1. The number of likely N-dealkylation sites (tertiary alicyclic amines) is 1. The Hall–Kier alpha value is -0.870. The van der Waals surface area contributed by atoms with Gasteiger partial charge >= 0.3 is 0 Å². The number of piperidine rings is 1. The molecule has 0 radical (unpaired) electrons. The molecule has 0 spiro atoms. The molecule has 0 aromatic heterocycles. The maximum atomic E-state index is 12.1. The molecule has 116 valence electrons. The molecule has 20 heavy (non-hydrogen) atoms. The SMILES string of the molecule is COC[C@H](C)NC(=O)C1CCN(CCC=C(C)C)CC1. The predicted octanol–water partition coefficient (Wildman–Crippen LogP) is 2.21. The topological polar surface area (TPSA) is 41.6 Å². The van der Waals surface area contributed by atoms with Crippen molar-refractivity contribution in [1.82, 2.24) is 10.2 Å². The molecule has 0 aromatic rings. The highest BCUT2D eigenvalue weighted by Gasteiger charge is 2.25. The van der Waals surface area contributed by atoms with E-state index < -0.39 is 0 Å². The fourth-order valence-corrected chi connectivity index (χ4v) is 2.61. The van der Waals surface area contributed by atoms with Gasteiger partial charge in [-0.05, 0) is 53.1 Å². The van der Waals surface area contributed by atoms with E-state index in [0.717, 1.165) is 38.9 Å². The number of ether oxygens (including phenoxy) is 1. The quantitative estimate of drug-likeness (QED) is 0.728. The second-order valence-electron chi connectivity index (χ2n) is 6.05. The maximum absolute atomic E-state index is 12.1. The van der Waals surface area contributed by atoms with E-state index in [0.29, 0.717) is 6.61 Å². The summed E-state index contributed by atoms with van der Waals surface area (Å²) in [6, 6.07) is 0.100. The summed E-state index contributed by atoms with van der Waals surface area (Å²) in [6.07, 6.45) is 5.34. The summed E-state index contributed by atoms with van der Waals surface area (Å²) >= 11 is 0. The van der Waals surface area contributed by atoms with E-state index in [4.69, 9.17) is 4.74 Å². The molecule has 1 heterocycles. The summed E-state index contributed by atoms with van der Waals surface area (Å²) in [6.45, 7) is 10.0. The molecule has 1 aliphatic heterocycles. The number of amides is 1. The lowest BCUT2D eigenvalue weighted by molar-refractivity contribution is -0.127. The van der Waals surface area contributed by atoms with Gasteiger partial charge in [-0.3, -0.25) is 4.79 Å². The van der Waals surface area contributed by atoms with Crippen molar-refractivity contribution in [2.75, 3.05) is 33.4 Å². The van der Waals surface area contributed by atoms with Crippen molar-refractivity contribution in [1.29, 1.82) is 0 Å². The van der Waals surface area contributed by atoms with E-state index in [9.17, 15) is 4.79 Å². The molecular formula is C16H30N2O2. The summed E-state index contributed by atoms with van der Waals surface area (Å²) in [7, 11) is 1.66. The van der Waals surface area contributed by atoms with E-state index in [1.165, 1.54) is 5.57 Å². The first-order chi connectivity index (χ1) is 9.52.